The molecule has 2 amide bonds. The zero-order valence-corrected chi connectivity index (χ0v) is 21.3. The number of amides is 2. The van der Waals surface area contributed by atoms with Crippen LogP contribution in [0.4, 0.5) is 5.69 Å². The molecule has 1 aliphatic rings. The third-order valence-electron chi connectivity index (χ3n) is 5.98. The molecule has 0 aliphatic heterocycles. The lowest BCUT2D eigenvalue weighted by Gasteiger charge is -2.13. The number of nitrogens with one attached hydrogen (secondary N) is 2. The van der Waals surface area contributed by atoms with E-state index in [0.29, 0.717) is 56.9 Å². The standard InChI is InChI=1S/C27H22Cl2N4O4/c1-15-24-19(32-33-23(34)14-36-21-11-10-17(28)13-18(21)29)7-3-9-22(24)37-26(15)27(35)31-20-8-2-5-16-6-4-12-30-25(16)20/h2,4-6,8,10-13H,3,7,9,14H2,1H3,(H,31,35)(H,33,34)/b32-19+. The van der Waals surface area contributed by atoms with Gasteiger partial charge < -0.3 is 14.5 Å². The number of carbonyl (C=O) groups excluding carboxylic acids is 2. The van der Waals surface area contributed by atoms with Crippen LogP contribution in [0.5, 0.6) is 5.75 Å². The van der Waals surface area contributed by atoms with Crippen molar-refractivity contribution in [3.63, 3.8) is 0 Å². The molecule has 0 spiro atoms. The Hall–Kier alpha value is -3.88. The predicted molar refractivity (Wildman–Crippen MR) is 143 cm³/mol. The van der Waals surface area contributed by atoms with E-state index in [0.717, 1.165) is 17.4 Å². The molecule has 0 saturated heterocycles. The molecule has 0 unspecified atom stereocenters. The summed E-state index contributed by atoms with van der Waals surface area (Å²) in [5, 5.41) is 8.93. The molecule has 2 aromatic heterocycles. The number of furan rings is 1. The van der Waals surface area contributed by atoms with Crippen LogP contribution in [0.3, 0.4) is 0 Å². The van der Waals surface area contributed by atoms with Crippen LogP contribution in [0, 0.1) is 6.92 Å². The minimum atomic E-state index is -0.451. The second-order valence-electron chi connectivity index (χ2n) is 8.50. The minimum absolute atomic E-state index is 0.208. The predicted octanol–water partition coefficient (Wildman–Crippen LogP) is 5.93. The molecule has 1 aliphatic carbocycles. The lowest BCUT2D eigenvalue weighted by molar-refractivity contribution is -0.123. The number of rotatable bonds is 6. The summed E-state index contributed by atoms with van der Waals surface area (Å²) in [6.07, 6.45) is 3.76. The number of carbonyl (C=O) groups is 2. The van der Waals surface area contributed by atoms with Crippen LogP contribution in [0.2, 0.25) is 10.0 Å². The van der Waals surface area contributed by atoms with Gasteiger partial charge in [-0.1, -0.05) is 41.4 Å². The maximum absolute atomic E-state index is 13.2. The van der Waals surface area contributed by atoms with Gasteiger partial charge in [0.1, 0.15) is 11.5 Å². The summed E-state index contributed by atoms with van der Waals surface area (Å²) in [4.78, 5) is 29.9. The minimum Gasteiger partial charge on any atom is -0.482 e. The van der Waals surface area contributed by atoms with Crippen molar-refractivity contribution in [3.8, 4) is 5.75 Å². The maximum Gasteiger partial charge on any atom is 0.291 e. The number of para-hydroxylation sites is 1. The van der Waals surface area contributed by atoms with Crippen LogP contribution >= 0.6 is 23.2 Å². The maximum atomic E-state index is 13.2. The van der Waals surface area contributed by atoms with Gasteiger partial charge in [0, 0.05) is 34.2 Å². The fourth-order valence-corrected chi connectivity index (χ4v) is 4.74. The number of hydrazone groups is 1. The molecular weight excluding hydrogens is 515 g/mol. The molecule has 37 heavy (non-hydrogen) atoms. The van der Waals surface area contributed by atoms with Crippen molar-refractivity contribution in [2.24, 2.45) is 5.10 Å². The van der Waals surface area contributed by atoms with Crippen molar-refractivity contribution in [1.29, 1.82) is 0 Å². The number of benzene rings is 2. The van der Waals surface area contributed by atoms with Crippen molar-refractivity contribution in [3.05, 3.63) is 87.4 Å². The molecule has 2 heterocycles. The molecule has 0 bridgehead atoms. The molecule has 10 heteroatoms. The molecule has 0 fully saturated rings. The molecule has 5 rings (SSSR count). The number of hydrogen-bond acceptors (Lipinski definition) is 6. The normalized spacial score (nSPS) is 13.9. The largest absolute Gasteiger partial charge is 0.482 e. The van der Waals surface area contributed by atoms with Crippen LogP contribution in [0.1, 0.15) is 40.3 Å². The van der Waals surface area contributed by atoms with Gasteiger partial charge in [-0.15, -0.1) is 0 Å². The van der Waals surface area contributed by atoms with Crippen LogP contribution in [-0.2, 0) is 11.2 Å². The third-order valence-corrected chi connectivity index (χ3v) is 6.51. The Labute approximate surface area is 222 Å². The van der Waals surface area contributed by atoms with Crippen LogP contribution in [0.25, 0.3) is 10.9 Å². The third kappa shape index (κ3) is 5.30. The van der Waals surface area contributed by atoms with E-state index in [-0.39, 0.29) is 18.3 Å². The number of ether oxygens (including phenoxy) is 1. The Bertz CT molecular complexity index is 1540. The van der Waals surface area contributed by atoms with Gasteiger partial charge in [-0.2, -0.15) is 5.10 Å². The first-order valence-corrected chi connectivity index (χ1v) is 12.4. The summed E-state index contributed by atoms with van der Waals surface area (Å²) in [5.74, 6) is 0.396. The first-order chi connectivity index (χ1) is 17.9. The van der Waals surface area contributed by atoms with Crippen LogP contribution < -0.4 is 15.5 Å². The number of aromatic nitrogens is 1. The van der Waals surface area contributed by atoms with Gasteiger partial charge in [0.2, 0.25) is 0 Å². The zero-order chi connectivity index (χ0) is 25.9. The second-order valence-corrected chi connectivity index (χ2v) is 9.34. The summed E-state index contributed by atoms with van der Waals surface area (Å²) in [5.41, 5.74) is 5.87. The Morgan fingerprint density at radius 3 is 2.81 bits per heavy atom. The number of nitrogens with zero attached hydrogens (tertiary/aromatic N) is 2. The fourth-order valence-electron chi connectivity index (χ4n) is 4.28. The van der Waals surface area contributed by atoms with Gasteiger partial charge in [0.15, 0.2) is 12.4 Å². The van der Waals surface area contributed by atoms with E-state index >= 15 is 0 Å². The summed E-state index contributed by atoms with van der Waals surface area (Å²) in [6.45, 7) is 1.54. The van der Waals surface area contributed by atoms with Gasteiger partial charge >= 0.3 is 0 Å². The molecule has 0 radical (unpaired) electrons. The number of aryl methyl sites for hydroxylation is 1. The summed E-state index contributed by atoms with van der Waals surface area (Å²) >= 11 is 12.0. The van der Waals surface area contributed by atoms with Gasteiger partial charge in [-0.3, -0.25) is 14.6 Å². The second kappa shape index (κ2) is 10.6. The zero-order valence-electron chi connectivity index (χ0n) is 19.8. The van der Waals surface area contributed by atoms with Gasteiger partial charge in [0.05, 0.1) is 21.9 Å². The number of halogens is 2. The van der Waals surface area contributed by atoms with Gasteiger partial charge in [-0.25, -0.2) is 5.43 Å². The van der Waals surface area contributed by atoms with Crippen molar-refractivity contribution in [2.75, 3.05) is 11.9 Å². The highest BCUT2D eigenvalue weighted by atomic mass is 35.5. The molecule has 0 atom stereocenters. The van der Waals surface area contributed by atoms with Crippen molar-refractivity contribution in [2.45, 2.75) is 26.2 Å². The average Bonchev–Trinajstić information content (AvgIpc) is 3.24. The fraction of sp³-hybridized carbons (Fsp3) is 0.185. The Morgan fingerprint density at radius 1 is 1.14 bits per heavy atom. The number of hydrogen-bond donors (Lipinski definition) is 2. The Kier molecular flexibility index (Phi) is 7.12. The lowest BCUT2D eigenvalue weighted by atomic mass is 9.93. The summed E-state index contributed by atoms with van der Waals surface area (Å²) < 4.78 is 11.4. The molecule has 2 N–H and O–H groups in total. The van der Waals surface area contributed by atoms with Gasteiger partial charge in [0.25, 0.3) is 11.8 Å². The smallest absolute Gasteiger partial charge is 0.291 e. The Morgan fingerprint density at radius 2 is 1.97 bits per heavy atom. The molecule has 8 nitrogen and oxygen atoms in total. The van der Waals surface area contributed by atoms with Gasteiger partial charge in [-0.05, 0) is 50.1 Å². The number of anilines is 1. The first-order valence-electron chi connectivity index (χ1n) is 11.6. The molecular formula is C27H22Cl2N4O4. The monoisotopic (exact) mass is 536 g/mol. The lowest BCUT2D eigenvalue weighted by Crippen LogP contribution is -2.27. The van der Waals surface area contributed by atoms with E-state index < -0.39 is 5.91 Å². The van der Waals surface area contributed by atoms with E-state index in [1.165, 1.54) is 6.07 Å². The van der Waals surface area contributed by atoms with E-state index in [1.807, 2.05) is 31.2 Å². The van der Waals surface area contributed by atoms with E-state index in [1.54, 1.807) is 24.4 Å². The molecule has 0 saturated carbocycles. The van der Waals surface area contributed by atoms with Crippen LogP contribution in [0.15, 0.2) is 64.2 Å². The average molecular weight is 537 g/mol. The summed E-state index contributed by atoms with van der Waals surface area (Å²) in [6, 6.07) is 14.1. The molecule has 2 aromatic carbocycles. The first kappa shape index (κ1) is 24.8. The van der Waals surface area contributed by atoms with Crippen molar-refractivity contribution >= 4 is 57.3 Å². The van der Waals surface area contributed by atoms with Crippen molar-refractivity contribution in [1.82, 2.24) is 10.4 Å². The van der Waals surface area contributed by atoms with E-state index in [4.69, 9.17) is 32.4 Å². The Balaban J connectivity index is 1.31. The SMILES string of the molecule is Cc1c(C(=O)Nc2cccc3cccnc23)oc2c1/C(=N/NC(=O)COc1ccc(Cl)cc1Cl)CCC2. The van der Waals surface area contributed by atoms with E-state index in [2.05, 4.69) is 20.8 Å². The number of fused-ring (bicyclic) bond motifs is 2. The highest BCUT2D eigenvalue weighted by Crippen LogP contribution is 2.31. The highest BCUT2D eigenvalue weighted by molar-refractivity contribution is 6.35. The molecule has 4 aromatic rings. The quantitative estimate of drug-likeness (QED) is 0.297. The topological polar surface area (TPSA) is 106 Å². The summed E-state index contributed by atoms with van der Waals surface area (Å²) in [7, 11) is 0. The highest BCUT2D eigenvalue weighted by Gasteiger charge is 2.28. The number of pyridine rings is 1. The molecule has 188 valence electrons. The van der Waals surface area contributed by atoms with E-state index in [9.17, 15) is 9.59 Å². The van der Waals surface area contributed by atoms with Crippen LogP contribution in [-0.4, -0.2) is 29.1 Å². The van der Waals surface area contributed by atoms with Crippen molar-refractivity contribution < 1.29 is 18.7 Å².